The molecule has 3 aromatic rings. The number of carbonyl (C=O) groups excluding carboxylic acids is 2. The normalized spacial score (nSPS) is 15.9. The number of amides is 2. The first-order valence-corrected chi connectivity index (χ1v) is 12.1. The summed E-state index contributed by atoms with van der Waals surface area (Å²) in [4.78, 5) is 34.2. The number of likely N-dealkylation sites (tertiary alicyclic amines) is 1. The fraction of sp³-hybridized carbons (Fsp3) is 0.296. The van der Waals surface area contributed by atoms with Crippen molar-refractivity contribution in [3.05, 3.63) is 53.5 Å². The Balaban J connectivity index is 1.52. The second-order valence-corrected chi connectivity index (χ2v) is 8.80. The third-order valence-electron chi connectivity index (χ3n) is 6.60. The van der Waals surface area contributed by atoms with Crippen molar-refractivity contribution in [1.29, 1.82) is 0 Å². The molecule has 0 spiro atoms. The van der Waals surface area contributed by atoms with Gasteiger partial charge in [-0.15, -0.1) is 0 Å². The second-order valence-electron chi connectivity index (χ2n) is 8.80. The van der Waals surface area contributed by atoms with Crippen LogP contribution in [-0.2, 0) is 11.2 Å². The molecule has 0 bridgehead atoms. The zero-order valence-corrected chi connectivity index (χ0v) is 20.8. The number of anilines is 2. The van der Waals surface area contributed by atoms with Crippen LogP contribution >= 0.6 is 0 Å². The summed E-state index contributed by atoms with van der Waals surface area (Å²) in [5, 5.41) is 5.90. The lowest BCUT2D eigenvalue weighted by molar-refractivity contribution is -0.133. The van der Waals surface area contributed by atoms with Gasteiger partial charge >= 0.3 is 0 Å². The number of hydrogen-bond acceptors (Lipinski definition) is 6. The van der Waals surface area contributed by atoms with Crippen LogP contribution in [0.3, 0.4) is 0 Å². The number of aromatic nitrogens is 2. The summed E-state index contributed by atoms with van der Waals surface area (Å²) in [6.45, 7) is 2.91. The van der Waals surface area contributed by atoms with E-state index in [0.717, 1.165) is 12.5 Å². The van der Waals surface area contributed by atoms with E-state index >= 15 is 0 Å². The lowest BCUT2D eigenvalue weighted by atomic mass is 10.0. The fourth-order valence-corrected chi connectivity index (χ4v) is 4.62. The Morgan fingerprint density at radius 1 is 1.32 bits per heavy atom. The van der Waals surface area contributed by atoms with Crippen LogP contribution in [0.25, 0.3) is 11.3 Å². The van der Waals surface area contributed by atoms with E-state index in [4.69, 9.17) is 9.47 Å². The van der Waals surface area contributed by atoms with Crippen LogP contribution < -0.4 is 20.1 Å². The Hall–Kier alpha value is -4.59. The van der Waals surface area contributed by atoms with Gasteiger partial charge in [0.1, 0.15) is 12.4 Å². The average Bonchev–Trinajstić information content (AvgIpc) is 3.25. The molecular formula is C27H25F2N5O4. The van der Waals surface area contributed by atoms with Crippen LogP contribution in [-0.4, -0.2) is 59.5 Å². The minimum Gasteiger partial charge on any atom is -0.491 e. The standard InChI is InChI=1S/C27H25F2N5O4/c1-3-4-21(35)34-12-9-15(34)14-38-20-13-30-10-7-16(20)24-25(22-18(32-24)8-11-31-27(22)36)33-19-6-5-17(28)23(29)26(19)37-2/h5-7,10,13,15,32-33H,8-9,11-12,14H2,1-2H3,(H,31,36)/t15-/m1/s1. The Morgan fingerprint density at radius 2 is 2.16 bits per heavy atom. The monoisotopic (exact) mass is 521 g/mol. The maximum Gasteiger partial charge on any atom is 0.298 e. The number of ether oxygens (including phenoxy) is 2. The molecule has 0 unspecified atom stereocenters. The van der Waals surface area contributed by atoms with Crippen LogP contribution in [0.4, 0.5) is 20.2 Å². The smallest absolute Gasteiger partial charge is 0.298 e. The molecule has 3 N–H and O–H groups in total. The highest BCUT2D eigenvalue weighted by atomic mass is 19.2. The van der Waals surface area contributed by atoms with Gasteiger partial charge < -0.3 is 30.0 Å². The highest BCUT2D eigenvalue weighted by Gasteiger charge is 2.33. The first-order chi connectivity index (χ1) is 18.4. The molecule has 0 saturated carbocycles. The van der Waals surface area contributed by atoms with Crippen LogP contribution in [0.5, 0.6) is 11.5 Å². The number of hydrogen-bond donors (Lipinski definition) is 3. The molecule has 2 aliphatic rings. The molecule has 9 nitrogen and oxygen atoms in total. The molecule has 1 fully saturated rings. The molecule has 5 rings (SSSR count). The lowest BCUT2D eigenvalue weighted by Crippen LogP contribution is -2.53. The topological polar surface area (TPSA) is 109 Å². The van der Waals surface area contributed by atoms with Crippen molar-refractivity contribution in [2.24, 2.45) is 0 Å². The highest BCUT2D eigenvalue weighted by Crippen LogP contribution is 2.42. The van der Waals surface area contributed by atoms with Crippen LogP contribution in [0, 0.1) is 23.5 Å². The summed E-state index contributed by atoms with van der Waals surface area (Å²) >= 11 is 0. The summed E-state index contributed by atoms with van der Waals surface area (Å²) in [7, 11) is 1.23. The van der Waals surface area contributed by atoms with Gasteiger partial charge in [0.05, 0.1) is 42.0 Å². The van der Waals surface area contributed by atoms with Gasteiger partial charge in [-0.05, 0) is 37.5 Å². The molecule has 1 atom stereocenters. The number of benzene rings is 1. The number of nitrogens with zero attached hydrogens (tertiary/aromatic N) is 2. The van der Waals surface area contributed by atoms with E-state index in [0.29, 0.717) is 53.5 Å². The molecule has 0 radical (unpaired) electrons. The number of fused-ring (bicyclic) bond motifs is 1. The average molecular weight is 522 g/mol. The van der Waals surface area contributed by atoms with Gasteiger partial charge in [-0.25, -0.2) is 4.39 Å². The minimum absolute atomic E-state index is 0.122. The Bertz CT molecular complexity index is 1480. The molecule has 1 aromatic carbocycles. The number of halogens is 2. The molecule has 1 saturated heterocycles. The van der Waals surface area contributed by atoms with Gasteiger partial charge in [0.15, 0.2) is 11.6 Å². The summed E-state index contributed by atoms with van der Waals surface area (Å²) in [6, 6.07) is 3.92. The van der Waals surface area contributed by atoms with Crippen LogP contribution in [0.2, 0.25) is 0 Å². The van der Waals surface area contributed by atoms with Crippen LogP contribution in [0.1, 0.15) is 29.4 Å². The summed E-state index contributed by atoms with van der Waals surface area (Å²) in [5.41, 5.74) is 2.65. The quantitative estimate of drug-likeness (QED) is 0.412. The van der Waals surface area contributed by atoms with Crippen molar-refractivity contribution in [3.8, 4) is 34.6 Å². The van der Waals surface area contributed by atoms with E-state index < -0.39 is 11.6 Å². The van der Waals surface area contributed by atoms with Crippen molar-refractivity contribution >= 4 is 23.2 Å². The predicted octanol–water partition coefficient (Wildman–Crippen LogP) is 3.40. The Labute approximate surface area is 217 Å². The number of nitrogens with one attached hydrogen (secondary N) is 3. The number of aromatic amines is 1. The third-order valence-corrected chi connectivity index (χ3v) is 6.60. The zero-order valence-electron chi connectivity index (χ0n) is 20.8. The van der Waals surface area contributed by atoms with Gasteiger partial charge in [-0.1, -0.05) is 5.92 Å². The van der Waals surface area contributed by atoms with Crippen molar-refractivity contribution in [2.75, 3.05) is 32.1 Å². The number of carbonyl (C=O) groups is 2. The van der Waals surface area contributed by atoms with Crippen molar-refractivity contribution in [1.82, 2.24) is 20.2 Å². The predicted molar refractivity (Wildman–Crippen MR) is 135 cm³/mol. The number of methoxy groups -OCH3 is 1. The van der Waals surface area contributed by atoms with Crippen molar-refractivity contribution < 1.29 is 27.8 Å². The zero-order chi connectivity index (χ0) is 26.8. The van der Waals surface area contributed by atoms with E-state index in [1.54, 1.807) is 30.3 Å². The molecule has 2 amide bonds. The van der Waals surface area contributed by atoms with E-state index in [1.165, 1.54) is 13.2 Å². The molecule has 11 heteroatoms. The third kappa shape index (κ3) is 4.49. The summed E-state index contributed by atoms with van der Waals surface area (Å²) < 4.78 is 39.5. The molecule has 4 heterocycles. The molecule has 0 aliphatic carbocycles. The van der Waals surface area contributed by atoms with Crippen molar-refractivity contribution in [2.45, 2.75) is 25.8 Å². The lowest BCUT2D eigenvalue weighted by Gasteiger charge is -2.39. The number of H-pyrrole nitrogens is 1. The van der Waals surface area contributed by atoms with Crippen molar-refractivity contribution in [3.63, 3.8) is 0 Å². The van der Waals surface area contributed by atoms with Gasteiger partial charge in [-0.2, -0.15) is 4.39 Å². The summed E-state index contributed by atoms with van der Waals surface area (Å²) in [6.07, 6.45) is 4.46. The Kier molecular flexibility index (Phi) is 6.87. The minimum atomic E-state index is -1.15. The van der Waals surface area contributed by atoms with Crippen LogP contribution in [0.15, 0.2) is 30.6 Å². The van der Waals surface area contributed by atoms with Gasteiger partial charge in [0.2, 0.25) is 5.82 Å². The van der Waals surface area contributed by atoms with E-state index in [2.05, 4.69) is 32.4 Å². The van der Waals surface area contributed by atoms with E-state index in [1.807, 2.05) is 0 Å². The number of rotatable bonds is 7. The van der Waals surface area contributed by atoms with Gasteiger partial charge in [0.25, 0.3) is 11.8 Å². The van der Waals surface area contributed by atoms with E-state index in [9.17, 15) is 18.4 Å². The molecule has 38 heavy (non-hydrogen) atoms. The first kappa shape index (κ1) is 25.1. The maximum absolute atomic E-state index is 14.5. The molecular weight excluding hydrogens is 496 g/mol. The fourth-order valence-electron chi connectivity index (χ4n) is 4.62. The largest absolute Gasteiger partial charge is 0.491 e. The molecule has 2 aliphatic heterocycles. The molecule has 196 valence electrons. The van der Waals surface area contributed by atoms with Gasteiger partial charge in [-0.3, -0.25) is 14.6 Å². The first-order valence-electron chi connectivity index (χ1n) is 12.1. The van der Waals surface area contributed by atoms with E-state index in [-0.39, 0.29) is 35.9 Å². The SMILES string of the molecule is CC#CC(=O)N1CC[C@@H]1COc1cnccc1-c1[nH]c2c(c1Nc1ccc(F)c(F)c1OC)C(=O)NCC2. The van der Waals surface area contributed by atoms with Gasteiger partial charge in [0, 0.05) is 37.0 Å². The highest BCUT2D eigenvalue weighted by molar-refractivity contribution is 6.06. The maximum atomic E-state index is 14.5. The second kappa shape index (κ2) is 10.4. The Morgan fingerprint density at radius 3 is 2.89 bits per heavy atom. The number of pyridine rings is 1. The summed E-state index contributed by atoms with van der Waals surface area (Å²) in [5.74, 6) is 2.52. The molecule has 2 aromatic heterocycles.